The number of aliphatic hydroxyl groups excluding tert-OH is 1. The van der Waals surface area contributed by atoms with Gasteiger partial charge in [-0.25, -0.2) is 4.98 Å². The first-order chi connectivity index (χ1) is 7.63. The molecule has 1 atom stereocenters. The second-order valence-electron chi connectivity index (χ2n) is 3.96. The maximum absolute atomic E-state index is 9.57. The fourth-order valence-electron chi connectivity index (χ4n) is 1.32. The Bertz CT molecular complexity index is 317. The zero-order chi connectivity index (χ0) is 12.0. The predicted octanol–water partition coefficient (Wildman–Crippen LogP) is 1.12. The van der Waals surface area contributed by atoms with Crippen molar-refractivity contribution in [1.29, 1.82) is 0 Å². The van der Waals surface area contributed by atoms with Crippen molar-refractivity contribution in [3.8, 4) is 0 Å². The molecule has 1 rings (SSSR count). The molecule has 5 heteroatoms. The van der Waals surface area contributed by atoms with Crippen LogP contribution in [-0.4, -0.2) is 41.8 Å². The number of rotatable bonds is 6. The monoisotopic (exact) mass is 224 g/mol. The van der Waals surface area contributed by atoms with Crippen LogP contribution in [0.3, 0.4) is 0 Å². The van der Waals surface area contributed by atoms with Crippen LogP contribution in [0.2, 0.25) is 0 Å². The highest BCUT2D eigenvalue weighted by atomic mass is 16.3. The van der Waals surface area contributed by atoms with E-state index in [0.717, 1.165) is 18.7 Å². The van der Waals surface area contributed by atoms with Crippen molar-refractivity contribution < 1.29 is 5.11 Å². The first-order valence-corrected chi connectivity index (χ1v) is 5.55. The largest absolute Gasteiger partial charge is 0.391 e. The molecular weight excluding hydrogens is 204 g/mol. The lowest BCUT2D eigenvalue weighted by Crippen LogP contribution is -2.20. The van der Waals surface area contributed by atoms with Crippen molar-refractivity contribution in [3.05, 3.63) is 12.3 Å². The van der Waals surface area contributed by atoms with Gasteiger partial charge in [0.1, 0.15) is 5.82 Å². The Hall–Kier alpha value is -1.36. The van der Waals surface area contributed by atoms with E-state index in [-0.39, 0.29) is 6.10 Å². The molecule has 0 aliphatic carbocycles. The third kappa shape index (κ3) is 4.02. The molecule has 0 radical (unpaired) electrons. The Labute approximate surface area is 96.5 Å². The number of aromatic nitrogens is 2. The normalized spacial score (nSPS) is 12.2. The Balaban J connectivity index is 2.50. The van der Waals surface area contributed by atoms with Crippen LogP contribution in [0.5, 0.6) is 0 Å². The topological polar surface area (TPSA) is 61.3 Å². The lowest BCUT2D eigenvalue weighted by molar-refractivity contribution is 0.176. The number of nitrogens with one attached hydrogen (secondary N) is 1. The van der Waals surface area contributed by atoms with Gasteiger partial charge in [0.05, 0.1) is 6.10 Å². The Morgan fingerprint density at radius 1 is 1.50 bits per heavy atom. The second-order valence-corrected chi connectivity index (χ2v) is 3.96. The van der Waals surface area contributed by atoms with Gasteiger partial charge in [-0.1, -0.05) is 13.3 Å². The molecule has 5 nitrogen and oxygen atoms in total. The fourth-order valence-corrected chi connectivity index (χ4v) is 1.32. The minimum atomic E-state index is -0.317. The molecular formula is C11H20N4O. The molecule has 0 amide bonds. The summed E-state index contributed by atoms with van der Waals surface area (Å²) in [5.41, 5.74) is 0. The van der Waals surface area contributed by atoms with Crippen LogP contribution in [0.4, 0.5) is 11.8 Å². The van der Waals surface area contributed by atoms with Gasteiger partial charge in [0.25, 0.3) is 0 Å². The van der Waals surface area contributed by atoms with Crippen LogP contribution in [0.1, 0.15) is 19.8 Å². The Morgan fingerprint density at radius 2 is 2.25 bits per heavy atom. The van der Waals surface area contributed by atoms with Gasteiger partial charge in [0.2, 0.25) is 5.95 Å². The van der Waals surface area contributed by atoms with Gasteiger partial charge in [0, 0.05) is 26.8 Å². The van der Waals surface area contributed by atoms with Crippen molar-refractivity contribution in [1.82, 2.24) is 9.97 Å². The highest BCUT2D eigenvalue weighted by Crippen LogP contribution is 2.08. The van der Waals surface area contributed by atoms with E-state index in [1.54, 1.807) is 12.3 Å². The SMILES string of the molecule is CCCC(O)CNc1ccnc(N(C)C)n1. The van der Waals surface area contributed by atoms with E-state index in [9.17, 15) is 5.11 Å². The van der Waals surface area contributed by atoms with E-state index in [1.807, 2.05) is 19.0 Å². The molecule has 1 unspecified atom stereocenters. The number of hydrogen-bond donors (Lipinski definition) is 2. The maximum Gasteiger partial charge on any atom is 0.226 e. The number of hydrogen-bond acceptors (Lipinski definition) is 5. The van der Waals surface area contributed by atoms with Gasteiger partial charge in [-0.3, -0.25) is 0 Å². The molecule has 1 heterocycles. The van der Waals surface area contributed by atoms with E-state index in [1.165, 1.54) is 0 Å². The summed E-state index contributed by atoms with van der Waals surface area (Å²) in [6, 6.07) is 1.80. The highest BCUT2D eigenvalue weighted by molar-refractivity contribution is 5.40. The average molecular weight is 224 g/mol. The van der Waals surface area contributed by atoms with Gasteiger partial charge in [-0.15, -0.1) is 0 Å². The fraction of sp³-hybridized carbons (Fsp3) is 0.636. The van der Waals surface area contributed by atoms with Crippen LogP contribution >= 0.6 is 0 Å². The Kier molecular flexibility index (Phi) is 4.98. The molecule has 0 fully saturated rings. The van der Waals surface area contributed by atoms with E-state index < -0.39 is 0 Å². The van der Waals surface area contributed by atoms with E-state index >= 15 is 0 Å². The molecule has 2 N–H and O–H groups in total. The van der Waals surface area contributed by atoms with E-state index in [2.05, 4.69) is 22.2 Å². The molecule has 0 spiro atoms. The van der Waals surface area contributed by atoms with Gasteiger partial charge < -0.3 is 15.3 Å². The summed E-state index contributed by atoms with van der Waals surface area (Å²) in [6.45, 7) is 2.58. The minimum absolute atomic E-state index is 0.317. The van der Waals surface area contributed by atoms with Crippen LogP contribution in [-0.2, 0) is 0 Å². The van der Waals surface area contributed by atoms with Crippen LogP contribution in [0, 0.1) is 0 Å². The Morgan fingerprint density at radius 3 is 2.88 bits per heavy atom. The minimum Gasteiger partial charge on any atom is -0.391 e. The van der Waals surface area contributed by atoms with Gasteiger partial charge in [0.15, 0.2) is 0 Å². The van der Waals surface area contributed by atoms with E-state index in [4.69, 9.17) is 0 Å². The van der Waals surface area contributed by atoms with Crippen LogP contribution in [0.15, 0.2) is 12.3 Å². The first-order valence-electron chi connectivity index (χ1n) is 5.55. The van der Waals surface area contributed by atoms with Gasteiger partial charge in [-0.2, -0.15) is 4.98 Å². The lowest BCUT2D eigenvalue weighted by atomic mass is 10.2. The van der Waals surface area contributed by atoms with Gasteiger partial charge in [-0.05, 0) is 12.5 Å². The number of nitrogens with zero attached hydrogens (tertiary/aromatic N) is 3. The smallest absolute Gasteiger partial charge is 0.226 e. The summed E-state index contributed by atoms with van der Waals surface area (Å²) in [5.74, 6) is 1.41. The molecule has 0 aliphatic rings. The van der Waals surface area contributed by atoms with Crippen molar-refractivity contribution in [2.24, 2.45) is 0 Å². The molecule has 1 aromatic heterocycles. The molecule has 16 heavy (non-hydrogen) atoms. The van der Waals surface area contributed by atoms with E-state index in [0.29, 0.717) is 12.5 Å². The average Bonchev–Trinajstić information content (AvgIpc) is 2.27. The summed E-state index contributed by atoms with van der Waals surface area (Å²) >= 11 is 0. The van der Waals surface area contributed by atoms with Crippen molar-refractivity contribution in [3.63, 3.8) is 0 Å². The summed E-state index contributed by atoms with van der Waals surface area (Å²) < 4.78 is 0. The molecule has 0 bridgehead atoms. The maximum atomic E-state index is 9.57. The van der Waals surface area contributed by atoms with Crippen molar-refractivity contribution in [2.75, 3.05) is 30.9 Å². The van der Waals surface area contributed by atoms with Crippen molar-refractivity contribution >= 4 is 11.8 Å². The quantitative estimate of drug-likeness (QED) is 0.758. The standard InChI is InChI=1S/C11H20N4O/c1-4-5-9(16)8-13-10-6-7-12-11(14-10)15(2)3/h6-7,9,16H,4-5,8H2,1-3H3,(H,12,13,14). The molecule has 0 aliphatic heterocycles. The van der Waals surface area contributed by atoms with Crippen molar-refractivity contribution in [2.45, 2.75) is 25.9 Å². The third-order valence-corrected chi connectivity index (χ3v) is 2.18. The molecule has 0 saturated heterocycles. The number of aliphatic hydroxyl groups is 1. The number of anilines is 2. The summed E-state index contributed by atoms with van der Waals surface area (Å²) in [5, 5.41) is 12.7. The van der Waals surface area contributed by atoms with Crippen LogP contribution in [0.25, 0.3) is 0 Å². The third-order valence-electron chi connectivity index (χ3n) is 2.18. The summed E-state index contributed by atoms with van der Waals surface area (Å²) in [7, 11) is 3.79. The van der Waals surface area contributed by atoms with Gasteiger partial charge >= 0.3 is 0 Å². The first kappa shape index (κ1) is 12.7. The highest BCUT2D eigenvalue weighted by Gasteiger charge is 2.04. The zero-order valence-electron chi connectivity index (χ0n) is 10.1. The second kappa shape index (κ2) is 6.27. The molecule has 90 valence electrons. The van der Waals surface area contributed by atoms with Crippen LogP contribution < -0.4 is 10.2 Å². The summed E-state index contributed by atoms with van der Waals surface area (Å²) in [6.07, 6.45) is 3.17. The zero-order valence-corrected chi connectivity index (χ0v) is 10.1. The lowest BCUT2D eigenvalue weighted by Gasteiger charge is -2.13. The predicted molar refractivity (Wildman–Crippen MR) is 65.8 cm³/mol. The molecule has 0 aromatic carbocycles. The summed E-state index contributed by atoms with van der Waals surface area (Å²) in [4.78, 5) is 10.3. The molecule has 0 saturated carbocycles. The molecule has 1 aromatic rings.